The van der Waals surface area contributed by atoms with Crippen LogP contribution in [0, 0.1) is 17.6 Å². The van der Waals surface area contributed by atoms with E-state index in [-0.39, 0.29) is 5.54 Å². The van der Waals surface area contributed by atoms with E-state index in [0.29, 0.717) is 23.8 Å². The Hall–Kier alpha value is -2.76. The number of aromatic nitrogens is 3. The summed E-state index contributed by atoms with van der Waals surface area (Å²) in [6.07, 6.45) is 8.30. The number of rotatable bonds is 3. The molecule has 1 saturated carbocycles. The number of fused-ring (bicyclic) bond motifs is 4. The highest BCUT2D eigenvalue weighted by Crippen LogP contribution is 2.47. The third-order valence-corrected chi connectivity index (χ3v) is 6.65. The summed E-state index contributed by atoms with van der Waals surface area (Å²) in [5.74, 6) is 1.66. The Morgan fingerprint density at radius 1 is 1.17 bits per heavy atom. The van der Waals surface area contributed by atoms with Gasteiger partial charge in [0.05, 0.1) is 23.1 Å². The fourth-order valence-corrected chi connectivity index (χ4v) is 5.08. The van der Waals surface area contributed by atoms with Gasteiger partial charge in [-0.1, -0.05) is 19.9 Å². The zero-order valence-corrected chi connectivity index (χ0v) is 17.3. The van der Waals surface area contributed by atoms with Gasteiger partial charge in [-0.2, -0.15) is 0 Å². The maximum atomic E-state index is 14.1. The van der Waals surface area contributed by atoms with Crippen molar-refractivity contribution in [2.24, 2.45) is 5.92 Å². The molecule has 0 amide bonds. The lowest BCUT2D eigenvalue weighted by atomic mass is 9.72. The minimum atomic E-state index is -0.522. The van der Waals surface area contributed by atoms with E-state index in [1.807, 2.05) is 18.5 Å². The summed E-state index contributed by atoms with van der Waals surface area (Å²) >= 11 is 0. The number of anilines is 1. The van der Waals surface area contributed by atoms with E-state index in [2.05, 4.69) is 34.8 Å². The van der Waals surface area contributed by atoms with Crippen LogP contribution in [0.1, 0.15) is 62.5 Å². The summed E-state index contributed by atoms with van der Waals surface area (Å²) < 4.78 is 29.6. The highest BCUT2D eigenvalue weighted by Gasteiger charge is 2.43. The lowest BCUT2D eigenvalue weighted by Gasteiger charge is -2.45. The van der Waals surface area contributed by atoms with E-state index in [0.717, 1.165) is 49.1 Å². The molecule has 0 saturated heterocycles. The lowest BCUT2D eigenvalue weighted by molar-refractivity contribution is 0.243. The van der Waals surface area contributed by atoms with Gasteiger partial charge in [-0.05, 0) is 61.8 Å². The van der Waals surface area contributed by atoms with Crippen molar-refractivity contribution < 1.29 is 8.78 Å². The molecule has 1 fully saturated rings. The second-order valence-corrected chi connectivity index (χ2v) is 8.96. The third kappa shape index (κ3) is 3.09. The summed E-state index contributed by atoms with van der Waals surface area (Å²) in [7, 11) is 0. The second-order valence-electron chi connectivity index (χ2n) is 8.96. The van der Waals surface area contributed by atoms with Crippen LogP contribution in [0.25, 0.3) is 5.82 Å². The van der Waals surface area contributed by atoms with E-state index < -0.39 is 11.6 Å². The third-order valence-electron chi connectivity index (χ3n) is 6.65. The predicted molar refractivity (Wildman–Crippen MR) is 113 cm³/mol. The largest absolute Gasteiger partial charge is 0.371 e. The van der Waals surface area contributed by atoms with E-state index >= 15 is 0 Å². The highest BCUT2D eigenvalue weighted by atomic mass is 19.1. The quantitative estimate of drug-likeness (QED) is 0.602. The van der Waals surface area contributed by atoms with Crippen LogP contribution in [0.3, 0.4) is 0 Å². The zero-order chi connectivity index (χ0) is 20.9. The number of nitrogens with zero attached hydrogens (tertiary/aromatic N) is 3. The van der Waals surface area contributed by atoms with E-state index in [1.54, 1.807) is 6.07 Å². The summed E-state index contributed by atoms with van der Waals surface area (Å²) in [6.45, 7) is 4.31. The molecule has 3 aromatic rings. The molecule has 5 rings (SSSR count). The summed E-state index contributed by atoms with van der Waals surface area (Å²) in [6, 6.07) is 7.95. The Morgan fingerprint density at radius 2 is 1.97 bits per heavy atom. The number of imidazole rings is 1. The molecule has 6 heteroatoms. The Labute approximate surface area is 175 Å². The van der Waals surface area contributed by atoms with Crippen LogP contribution in [0.5, 0.6) is 0 Å². The Bertz CT molecular complexity index is 1080. The van der Waals surface area contributed by atoms with Gasteiger partial charge in [-0.3, -0.25) is 4.57 Å². The monoisotopic (exact) mass is 408 g/mol. The topological polar surface area (TPSA) is 42.7 Å². The summed E-state index contributed by atoms with van der Waals surface area (Å²) in [5.41, 5.74) is 2.63. The first kappa shape index (κ1) is 19.2. The SMILES string of the molecule is CC(C)c1ncc2n1-c1ncccc1NC21CCC(Cc2ccc(F)cc2F)CC1. The molecule has 1 aliphatic carbocycles. The van der Waals surface area contributed by atoms with Crippen LogP contribution >= 0.6 is 0 Å². The fraction of sp³-hybridized carbons (Fsp3) is 0.417. The first-order valence-corrected chi connectivity index (χ1v) is 10.7. The molecule has 1 aromatic carbocycles. The van der Waals surface area contributed by atoms with Gasteiger partial charge in [-0.25, -0.2) is 18.7 Å². The van der Waals surface area contributed by atoms with Crippen molar-refractivity contribution in [3.05, 3.63) is 71.4 Å². The Kier molecular flexibility index (Phi) is 4.60. The van der Waals surface area contributed by atoms with Gasteiger partial charge < -0.3 is 5.32 Å². The van der Waals surface area contributed by atoms with Crippen molar-refractivity contribution in [2.75, 3.05) is 5.32 Å². The van der Waals surface area contributed by atoms with Gasteiger partial charge in [0, 0.05) is 18.2 Å². The van der Waals surface area contributed by atoms with Gasteiger partial charge >= 0.3 is 0 Å². The van der Waals surface area contributed by atoms with Gasteiger partial charge in [0.2, 0.25) is 0 Å². The predicted octanol–water partition coefficient (Wildman–Crippen LogP) is 5.72. The van der Waals surface area contributed by atoms with Gasteiger partial charge in [-0.15, -0.1) is 0 Å². The maximum absolute atomic E-state index is 14.1. The lowest BCUT2D eigenvalue weighted by Crippen LogP contribution is -2.44. The maximum Gasteiger partial charge on any atom is 0.161 e. The molecule has 30 heavy (non-hydrogen) atoms. The van der Waals surface area contributed by atoms with Crippen LogP contribution in [0.15, 0.2) is 42.7 Å². The van der Waals surface area contributed by atoms with Gasteiger partial charge in [0.25, 0.3) is 0 Å². The van der Waals surface area contributed by atoms with Crippen molar-refractivity contribution >= 4 is 5.69 Å². The van der Waals surface area contributed by atoms with Crippen LogP contribution in [0.4, 0.5) is 14.5 Å². The van der Waals surface area contributed by atoms with E-state index in [9.17, 15) is 8.78 Å². The standard InChI is InChI=1S/C24H26F2N4/c1-15(2)22-28-14-21-24(29-20-4-3-11-27-23(20)30(21)22)9-7-16(8-10-24)12-17-5-6-18(25)13-19(17)26/h3-6,11,13-16,29H,7-10,12H2,1-2H3. The van der Waals surface area contributed by atoms with Crippen LogP contribution < -0.4 is 5.32 Å². The molecule has 1 spiro atoms. The number of hydrogen-bond donors (Lipinski definition) is 1. The first-order chi connectivity index (χ1) is 14.5. The highest BCUT2D eigenvalue weighted by molar-refractivity contribution is 5.63. The molecule has 3 heterocycles. The van der Waals surface area contributed by atoms with E-state index in [1.165, 1.54) is 11.8 Å². The average Bonchev–Trinajstić information content (AvgIpc) is 3.19. The normalized spacial score (nSPS) is 22.6. The molecule has 0 radical (unpaired) electrons. The minimum Gasteiger partial charge on any atom is -0.371 e. The summed E-state index contributed by atoms with van der Waals surface area (Å²) in [5, 5.41) is 3.78. The number of pyridine rings is 1. The van der Waals surface area contributed by atoms with Crippen LogP contribution in [0.2, 0.25) is 0 Å². The second kappa shape index (κ2) is 7.18. The summed E-state index contributed by atoms with van der Waals surface area (Å²) in [4.78, 5) is 9.38. The fourth-order valence-electron chi connectivity index (χ4n) is 5.08. The number of benzene rings is 1. The molecule has 1 aliphatic heterocycles. The van der Waals surface area contributed by atoms with Crippen LogP contribution in [-0.4, -0.2) is 14.5 Å². The van der Waals surface area contributed by atoms with Crippen molar-refractivity contribution in [1.29, 1.82) is 0 Å². The molecule has 0 atom stereocenters. The Balaban J connectivity index is 1.43. The molecule has 0 unspecified atom stereocenters. The minimum absolute atomic E-state index is 0.186. The van der Waals surface area contributed by atoms with Crippen LogP contribution in [-0.2, 0) is 12.0 Å². The molecular weight excluding hydrogens is 382 g/mol. The first-order valence-electron chi connectivity index (χ1n) is 10.7. The smallest absolute Gasteiger partial charge is 0.161 e. The number of nitrogens with one attached hydrogen (secondary N) is 1. The van der Waals surface area contributed by atoms with Crippen molar-refractivity contribution in [3.8, 4) is 5.82 Å². The van der Waals surface area contributed by atoms with Crippen molar-refractivity contribution in [1.82, 2.24) is 14.5 Å². The number of hydrogen-bond acceptors (Lipinski definition) is 3. The average molecular weight is 408 g/mol. The molecule has 2 aliphatic rings. The molecule has 2 aromatic heterocycles. The van der Waals surface area contributed by atoms with E-state index in [4.69, 9.17) is 4.98 Å². The Morgan fingerprint density at radius 3 is 2.70 bits per heavy atom. The van der Waals surface area contributed by atoms with Gasteiger partial charge in [0.15, 0.2) is 5.82 Å². The zero-order valence-electron chi connectivity index (χ0n) is 17.3. The molecular formula is C24H26F2N4. The number of halogens is 2. The molecule has 156 valence electrons. The van der Waals surface area contributed by atoms with Crippen molar-refractivity contribution in [2.45, 2.75) is 57.4 Å². The molecule has 4 nitrogen and oxygen atoms in total. The molecule has 0 bridgehead atoms. The van der Waals surface area contributed by atoms with Gasteiger partial charge in [0.1, 0.15) is 17.5 Å². The van der Waals surface area contributed by atoms with Crippen molar-refractivity contribution in [3.63, 3.8) is 0 Å². The molecule has 1 N–H and O–H groups in total.